The molecule has 0 spiro atoms. The normalized spacial score (nSPS) is 10.2. The van der Waals surface area contributed by atoms with Gasteiger partial charge in [0.05, 0.1) is 0 Å². The van der Waals surface area contributed by atoms with Gasteiger partial charge in [0.25, 0.3) is 0 Å². The second kappa shape index (κ2) is 5.83. The summed E-state index contributed by atoms with van der Waals surface area (Å²) in [5, 5.41) is 0. The highest BCUT2D eigenvalue weighted by atomic mass is 16.1. The van der Waals surface area contributed by atoms with Crippen LogP contribution in [-0.4, -0.2) is 17.9 Å². The lowest BCUT2D eigenvalue weighted by Crippen LogP contribution is -1.99. The average molecular weight is 280 g/mol. The second-order valence-corrected chi connectivity index (χ2v) is 5.06. The van der Waals surface area contributed by atoms with E-state index in [2.05, 4.69) is 0 Å². The van der Waals surface area contributed by atoms with Crippen molar-refractivity contribution >= 4 is 17.9 Å². The summed E-state index contributed by atoms with van der Waals surface area (Å²) in [6.07, 6.45) is 0.691. The summed E-state index contributed by atoms with van der Waals surface area (Å²) < 4.78 is 0. The summed E-state index contributed by atoms with van der Waals surface area (Å²) >= 11 is 0. The van der Waals surface area contributed by atoms with Crippen molar-refractivity contribution in [2.24, 2.45) is 0 Å². The fraction of sp³-hybridized carbons (Fsp3) is 0.167. The number of rotatable bonds is 4. The molecular weight excluding hydrogens is 264 g/mol. The standard InChI is InChI=1S/C18H16O3/c1-11-8-14(4-6-17(11)12(2)20)15-5-7-18(13(3)21)16(9-15)10-19/h4-10H,1-3H3. The van der Waals surface area contributed by atoms with Gasteiger partial charge >= 0.3 is 0 Å². The van der Waals surface area contributed by atoms with Gasteiger partial charge in [0.15, 0.2) is 17.9 Å². The number of carbonyl (C=O) groups excluding carboxylic acids is 3. The van der Waals surface area contributed by atoms with Gasteiger partial charge in [0.1, 0.15) is 0 Å². The van der Waals surface area contributed by atoms with E-state index < -0.39 is 0 Å². The van der Waals surface area contributed by atoms with Crippen LogP contribution in [0.3, 0.4) is 0 Å². The fourth-order valence-electron chi connectivity index (χ4n) is 2.40. The zero-order chi connectivity index (χ0) is 15.6. The van der Waals surface area contributed by atoms with E-state index >= 15 is 0 Å². The monoisotopic (exact) mass is 280 g/mol. The molecule has 0 fully saturated rings. The summed E-state index contributed by atoms with van der Waals surface area (Å²) in [5.74, 6) is -0.105. The van der Waals surface area contributed by atoms with E-state index in [1.807, 2.05) is 25.1 Å². The largest absolute Gasteiger partial charge is 0.298 e. The molecule has 0 N–H and O–H groups in total. The van der Waals surface area contributed by atoms with Crippen LogP contribution in [0.4, 0.5) is 0 Å². The van der Waals surface area contributed by atoms with E-state index in [1.165, 1.54) is 13.8 Å². The molecular formula is C18H16O3. The lowest BCUT2D eigenvalue weighted by atomic mass is 9.95. The fourth-order valence-corrected chi connectivity index (χ4v) is 2.40. The number of hydrogen-bond acceptors (Lipinski definition) is 3. The van der Waals surface area contributed by atoms with Crippen LogP contribution in [-0.2, 0) is 0 Å². The van der Waals surface area contributed by atoms with Gasteiger partial charge in [0.2, 0.25) is 0 Å². The van der Waals surface area contributed by atoms with Gasteiger partial charge in [-0.25, -0.2) is 0 Å². The Morgan fingerprint density at radius 2 is 1.38 bits per heavy atom. The van der Waals surface area contributed by atoms with Gasteiger partial charge in [-0.2, -0.15) is 0 Å². The number of aryl methyl sites for hydroxylation is 1. The Morgan fingerprint density at radius 3 is 1.86 bits per heavy atom. The van der Waals surface area contributed by atoms with Crippen LogP contribution >= 0.6 is 0 Å². The third-order valence-electron chi connectivity index (χ3n) is 3.50. The predicted molar refractivity (Wildman–Crippen MR) is 82.0 cm³/mol. The number of benzene rings is 2. The van der Waals surface area contributed by atoms with Gasteiger partial charge in [-0.15, -0.1) is 0 Å². The third-order valence-corrected chi connectivity index (χ3v) is 3.50. The first-order valence-corrected chi connectivity index (χ1v) is 6.66. The molecule has 0 saturated carbocycles. The SMILES string of the molecule is CC(=O)c1ccc(-c2ccc(C(C)=O)c(C=O)c2)cc1C. The average Bonchev–Trinajstić information content (AvgIpc) is 2.45. The smallest absolute Gasteiger partial charge is 0.160 e. The van der Waals surface area contributed by atoms with Crippen molar-refractivity contribution in [3.8, 4) is 11.1 Å². The highest BCUT2D eigenvalue weighted by molar-refractivity contribution is 6.02. The van der Waals surface area contributed by atoms with Crippen LogP contribution in [0, 0.1) is 6.92 Å². The summed E-state index contributed by atoms with van der Waals surface area (Å²) in [4.78, 5) is 34.0. The van der Waals surface area contributed by atoms with Crippen molar-refractivity contribution in [3.05, 3.63) is 58.7 Å². The Bertz CT molecular complexity index is 742. The summed E-state index contributed by atoms with van der Waals surface area (Å²) in [5.41, 5.74) is 4.15. The van der Waals surface area contributed by atoms with Crippen molar-refractivity contribution in [3.63, 3.8) is 0 Å². The van der Waals surface area contributed by atoms with Crippen molar-refractivity contribution < 1.29 is 14.4 Å². The maximum Gasteiger partial charge on any atom is 0.160 e. The van der Waals surface area contributed by atoms with Gasteiger partial charge in [-0.05, 0) is 43.5 Å². The molecule has 0 saturated heterocycles. The Hall–Kier alpha value is -2.55. The zero-order valence-electron chi connectivity index (χ0n) is 12.3. The van der Waals surface area contributed by atoms with Crippen molar-refractivity contribution in [1.29, 1.82) is 0 Å². The Morgan fingerprint density at radius 1 is 0.857 bits per heavy atom. The van der Waals surface area contributed by atoms with Crippen molar-refractivity contribution in [2.75, 3.05) is 0 Å². The molecule has 0 radical (unpaired) electrons. The predicted octanol–water partition coefficient (Wildman–Crippen LogP) is 3.88. The maximum absolute atomic E-state index is 11.5. The van der Waals surface area contributed by atoms with Crippen LogP contribution in [0.25, 0.3) is 11.1 Å². The van der Waals surface area contributed by atoms with E-state index in [4.69, 9.17) is 0 Å². The van der Waals surface area contributed by atoms with E-state index in [0.717, 1.165) is 16.7 Å². The van der Waals surface area contributed by atoms with Gasteiger partial charge in [-0.3, -0.25) is 14.4 Å². The number of hydrogen-bond donors (Lipinski definition) is 0. The topological polar surface area (TPSA) is 51.2 Å². The molecule has 0 amide bonds. The van der Waals surface area contributed by atoms with E-state index in [0.29, 0.717) is 23.0 Å². The molecule has 2 rings (SSSR count). The second-order valence-electron chi connectivity index (χ2n) is 5.06. The summed E-state index contributed by atoms with van der Waals surface area (Å²) in [6.45, 7) is 4.85. The molecule has 0 aliphatic heterocycles. The summed E-state index contributed by atoms with van der Waals surface area (Å²) in [7, 11) is 0. The molecule has 0 aliphatic rings. The first-order valence-electron chi connectivity index (χ1n) is 6.66. The molecule has 2 aromatic rings. The number of carbonyl (C=O) groups is 3. The van der Waals surface area contributed by atoms with Gasteiger partial charge < -0.3 is 0 Å². The molecule has 0 heterocycles. The maximum atomic E-state index is 11.5. The molecule has 0 aromatic heterocycles. The van der Waals surface area contributed by atoms with E-state index in [1.54, 1.807) is 18.2 Å². The minimum atomic E-state index is -0.133. The van der Waals surface area contributed by atoms with Gasteiger partial charge in [-0.1, -0.05) is 30.3 Å². The number of Topliss-reactive ketones (excluding diaryl/α,β-unsaturated/α-hetero) is 2. The van der Waals surface area contributed by atoms with Crippen LogP contribution in [0.15, 0.2) is 36.4 Å². The Balaban J connectivity index is 2.52. The lowest BCUT2D eigenvalue weighted by Gasteiger charge is -2.09. The molecule has 3 heteroatoms. The molecule has 106 valence electrons. The van der Waals surface area contributed by atoms with Crippen LogP contribution in [0.1, 0.15) is 50.5 Å². The molecule has 0 unspecified atom stereocenters. The molecule has 3 nitrogen and oxygen atoms in total. The lowest BCUT2D eigenvalue weighted by molar-refractivity contribution is 0.100. The van der Waals surface area contributed by atoms with Crippen LogP contribution in [0.5, 0.6) is 0 Å². The molecule has 2 aromatic carbocycles. The van der Waals surface area contributed by atoms with Crippen molar-refractivity contribution in [1.82, 2.24) is 0 Å². The quantitative estimate of drug-likeness (QED) is 0.631. The molecule has 21 heavy (non-hydrogen) atoms. The molecule has 0 aliphatic carbocycles. The number of aldehydes is 1. The van der Waals surface area contributed by atoms with Crippen molar-refractivity contribution in [2.45, 2.75) is 20.8 Å². The zero-order valence-corrected chi connectivity index (χ0v) is 12.3. The third kappa shape index (κ3) is 2.97. The highest BCUT2D eigenvalue weighted by Gasteiger charge is 2.10. The first-order chi connectivity index (χ1) is 9.93. The minimum absolute atomic E-state index is 0.0274. The van der Waals surface area contributed by atoms with Crippen LogP contribution < -0.4 is 0 Å². The summed E-state index contributed by atoms with van der Waals surface area (Å²) in [6, 6.07) is 10.7. The first kappa shape index (κ1) is 14.9. The minimum Gasteiger partial charge on any atom is -0.298 e. The molecule has 0 bridgehead atoms. The highest BCUT2D eigenvalue weighted by Crippen LogP contribution is 2.25. The Kier molecular flexibility index (Phi) is 4.13. The van der Waals surface area contributed by atoms with E-state index in [9.17, 15) is 14.4 Å². The van der Waals surface area contributed by atoms with Gasteiger partial charge in [0, 0.05) is 16.7 Å². The van der Waals surface area contributed by atoms with E-state index in [-0.39, 0.29) is 11.6 Å². The Labute approximate surface area is 123 Å². The number of ketones is 2. The molecule has 0 atom stereocenters. The van der Waals surface area contributed by atoms with Crippen LogP contribution in [0.2, 0.25) is 0 Å².